The third-order valence-corrected chi connectivity index (χ3v) is 3.41. The molecule has 0 amide bonds. The molecule has 2 rings (SSSR count). The lowest BCUT2D eigenvalue weighted by Crippen LogP contribution is -2.40. The maximum absolute atomic E-state index is 10.7. The van der Waals surface area contributed by atoms with Gasteiger partial charge in [-0.05, 0) is 11.2 Å². The highest BCUT2D eigenvalue weighted by atomic mass is 32.2. The van der Waals surface area contributed by atoms with E-state index in [9.17, 15) is 8.42 Å². The zero-order valence-corrected chi connectivity index (χ0v) is 12.5. The quantitative estimate of drug-likeness (QED) is 0.602. The summed E-state index contributed by atoms with van der Waals surface area (Å²) in [5, 5.41) is 4.08. The van der Waals surface area contributed by atoms with Crippen LogP contribution < -0.4 is 9.58 Å². The van der Waals surface area contributed by atoms with Crippen molar-refractivity contribution in [1.29, 1.82) is 0 Å². The highest BCUT2D eigenvalue weighted by molar-refractivity contribution is 7.85. The molecule has 0 aliphatic rings. The molecule has 2 heterocycles. The molecule has 0 radical (unpaired) electrons. The van der Waals surface area contributed by atoms with Crippen LogP contribution in [0.3, 0.4) is 0 Å². The summed E-state index contributed by atoms with van der Waals surface area (Å²) in [6.45, 7) is 0.0811. The Morgan fingerprint density at radius 3 is 2.67 bits per heavy atom. The van der Waals surface area contributed by atoms with Gasteiger partial charge in [0.2, 0.25) is 0 Å². The molecule has 0 unspecified atom stereocenters. The summed E-state index contributed by atoms with van der Waals surface area (Å²) < 4.78 is 31.5. The van der Waals surface area contributed by atoms with E-state index < -0.39 is 10.1 Å². The zero-order valence-electron chi connectivity index (χ0n) is 11.7. The Bertz CT molecular complexity index is 716. The molecular formula is C12H16N5O3S+. The van der Waals surface area contributed by atoms with E-state index in [0.717, 1.165) is 11.4 Å². The molecule has 0 aromatic carbocycles. The number of rotatable bonds is 5. The minimum absolute atomic E-state index is 0.0811. The molecular weight excluding hydrogens is 294 g/mol. The van der Waals surface area contributed by atoms with Crippen LogP contribution in [0.25, 0.3) is 11.4 Å². The average Bonchev–Trinajstić information content (AvgIpc) is 2.45. The van der Waals surface area contributed by atoms with Crippen molar-refractivity contribution in [1.82, 2.24) is 15.1 Å². The van der Waals surface area contributed by atoms with E-state index in [2.05, 4.69) is 15.1 Å². The predicted molar refractivity (Wildman–Crippen MR) is 76.2 cm³/mol. The fourth-order valence-corrected chi connectivity index (χ4v) is 2.01. The fraction of sp³-hybridized carbons (Fsp3) is 0.333. The minimum atomic E-state index is -3.99. The molecule has 2 aromatic heterocycles. The van der Waals surface area contributed by atoms with Gasteiger partial charge >= 0.3 is 0 Å². The summed E-state index contributed by atoms with van der Waals surface area (Å²) >= 11 is 0. The third-order valence-electron chi connectivity index (χ3n) is 2.71. The first-order valence-electron chi connectivity index (χ1n) is 6.17. The summed E-state index contributed by atoms with van der Waals surface area (Å²) in [5.74, 6) is 0.940. The number of nitrogens with zero attached hydrogens (tertiary/aromatic N) is 5. The highest BCUT2D eigenvalue weighted by Crippen LogP contribution is 2.14. The van der Waals surface area contributed by atoms with E-state index in [0.29, 0.717) is 5.82 Å². The number of hydrogen-bond donors (Lipinski definition) is 1. The van der Waals surface area contributed by atoms with Gasteiger partial charge < -0.3 is 4.90 Å². The number of aromatic nitrogens is 4. The van der Waals surface area contributed by atoms with Gasteiger partial charge in [-0.3, -0.25) is 4.55 Å². The molecule has 21 heavy (non-hydrogen) atoms. The lowest BCUT2D eigenvalue weighted by Gasteiger charge is -2.11. The summed E-state index contributed by atoms with van der Waals surface area (Å²) in [4.78, 5) is 10.4. The Labute approximate surface area is 122 Å². The van der Waals surface area contributed by atoms with Gasteiger partial charge in [0.25, 0.3) is 10.1 Å². The van der Waals surface area contributed by atoms with E-state index in [1.807, 2.05) is 19.0 Å². The van der Waals surface area contributed by atoms with Crippen LogP contribution in [-0.4, -0.2) is 47.9 Å². The van der Waals surface area contributed by atoms with Crippen molar-refractivity contribution >= 4 is 15.9 Å². The van der Waals surface area contributed by atoms with Crippen molar-refractivity contribution in [3.8, 4) is 11.4 Å². The van der Waals surface area contributed by atoms with Crippen molar-refractivity contribution in [3.05, 3.63) is 30.7 Å². The maximum atomic E-state index is 10.7. The Morgan fingerprint density at radius 2 is 2.10 bits per heavy atom. The van der Waals surface area contributed by atoms with E-state index in [1.165, 1.54) is 4.68 Å². The van der Waals surface area contributed by atoms with Gasteiger partial charge in [-0.2, -0.15) is 8.42 Å². The SMILES string of the molecule is CN(C)c1ccnc(-c2cc[n+](CCS(=O)(=O)O)nc2)n1. The molecule has 0 aliphatic carbocycles. The van der Waals surface area contributed by atoms with E-state index in [1.54, 1.807) is 30.7 Å². The molecule has 2 aromatic rings. The van der Waals surface area contributed by atoms with Crippen LogP contribution in [0, 0.1) is 0 Å². The molecule has 0 bridgehead atoms. The average molecular weight is 310 g/mol. The third kappa shape index (κ3) is 4.43. The summed E-state index contributed by atoms with van der Waals surface area (Å²) in [5.41, 5.74) is 0.724. The first-order valence-corrected chi connectivity index (χ1v) is 7.78. The van der Waals surface area contributed by atoms with Crippen LogP contribution in [0.5, 0.6) is 0 Å². The number of hydrogen-bond acceptors (Lipinski definition) is 6. The number of anilines is 1. The van der Waals surface area contributed by atoms with Crippen LogP contribution >= 0.6 is 0 Å². The molecule has 0 spiro atoms. The van der Waals surface area contributed by atoms with Crippen molar-refractivity contribution in [2.45, 2.75) is 6.54 Å². The van der Waals surface area contributed by atoms with Crippen LogP contribution in [0.2, 0.25) is 0 Å². The van der Waals surface area contributed by atoms with Gasteiger partial charge in [0.05, 0.1) is 0 Å². The molecule has 8 nitrogen and oxygen atoms in total. The van der Waals surface area contributed by atoms with Gasteiger partial charge in [-0.15, -0.1) is 0 Å². The van der Waals surface area contributed by atoms with Crippen LogP contribution in [0.4, 0.5) is 5.82 Å². The molecule has 0 saturated carbocycles. The van der Waals surface area contributed by atoms with Crippen LogP contribution in [0.1, 0.15) is 0 Å². The summed E-state index contributed by atoms with van der Waals surface area (Å²) in [6, 6.07) is 3.54. The second kappa shape index (κ2) is 6.10. The van der Waals surface area contributed by atoms with Gasteiger partial charge in [0, 0.05) is 31.9 Å². The Balaban J connectivity index is 2.17. The van der Waals surface area contributed by atoms with Crippen molar-refractivity contribution in [3.63, 3.8) is 0 Å². The Kier molecular flexibility index (Phi) is 4.43. The van der Waals surface area contributed by atoms with E-state index in [4.69, 9.17) is 4.55 Å². The van der Waals surface area contributed by atoms with Gasteiger partial charge in [-0.1, -0.05) is 4.68 Å². The standard InChI is InChI=1S/C12H15N5O3S/c1-16(2)11-3-5-13-12(15-11)10-4-6-17(14-9-10)7-8-21(18,19)20/h3-6,9H,7-8H2,1-2H3/p+1. The molecule has 9 heteroatoms. The summed E-state index contributed by atoms with van der Waals surface area (Å²) in [7, 11) is -0.216. The second-order valence-electron chi connectivity index (χ2n) is 4.60. The van der Waals surface area contributed by atoms with Crippen molar-refractivity contribution < 1.29 is 17.7 Å². The first-order chi connectivity index (χ1) is 9.85. The van der Waals surface area contributed by atoms with Crippen LogP contribution in [-0.2, 0) is 16.7 Å². The molecule has 0 saturated heterocycles. The minimum Gasteiger partial charge on any atom is -0.363 e. The largest absolute Gasteiger partial charge is 0.363 e. The molecule has 1 N–H and O–H groups in total. The predicted octanol–water partition coefficient (Wildman–Crippen LogP) is -0.220. The molecule has 0 aliphatic heterocycles. The smallest absolute Gasteiger partial charge is 0.271 e. The zero-order chi connectivity index (χ0) is 15.5. The van der Waals surface area contributed by atoms with Gasteiger partial charge in [-0.25, -0.2) is 9.97 Å². The van der Waals surface area contributed by atoms with Crippen molar-refractivity contribution in [2.24, 2.45) is 0 Å². The van der Waals surface area contributed by atoms with E-state index >= 15 is 0 Å². The molecule has 0 fully saturated rings. The summed E-state index contributed by atoms with van der Waals surface area (Å²) in [6.07, 6.45) is 4.84. The van der Waals surface area contributed by atoms with E-state index in [-0.39, 0.29) is 12.3 Å². The Hall–Kier alpha value is -2.13. The highest BCUT2D eigenvalue weighted by Gasteiger charge is 2.12. The monoisotopic (exact) mass is 310 g/mol. The maximum Gasteiger partial charge on any atom is 0.271 e. The normalized spacial score (nSPS) is 11.4. The first kappa shape index (κ1) is 15.3. The lowest BCUT2D eigenvalue weighted by atomic mass is 10.3. The number of aryl methyl sites for hydroxylation is 1. The fourth-order valence-electron chi connectivity index (χ4n) is 1.59. The molecule has 112 valence electrons. The van der Waals surface area contributed by atoms with Gasteiger partial charge in [0.15, 0.2) is 18.6 Å². The van der Waals surface area contributed by atoms with Gasteiger partial charge in [0.1, 0.15) is 17.8 Å². The Morgan fingerprint density at radius 1 is 1.33 bits per heavy atom. The van der Waals surface area contributed by atoms with Crippen molar-refractivity contribution in [2.75, 3.05) is 24.7 Å². The molecule has 0 atom stereocenters. The topological polar surface area (TPSA) is 100 Å². The lowest BCUT2D eigenvalue weighted by molar-refractivity contribution is -0.750. The van der Waals surface area contributed by atoms with Crippen LogP contribution in [0.15, 0.2) is 30.7 Å². The second-order valence-corrected chi connectivity index (χ2v) is 6.17.